The molecule has 0 fully saturated rings. The van der Waals surface area contributed by atoms with Crippen molar-refractivity contribution in [2.24, 2.45) is 0 Å². The summed E-state index contributed by atoms with van der Waals surface area (Å²) in [6.07, 6.45) is 0. The monoisotopic (exact) mass is 293 g/mol. The Morgan fingerprint density at radius 2 is 1.82 bits per heavy atom. The van der Waals surface area contributed by atoms with Crippen molar-refractivity contribution < 1.29 is 0 Å². The molecular formula is C8H7Br2S-. The standard InChI is InChI=1S/C8H8Br2S/c1-4-3-6(9)5(2)8(11)7(4)10/h3,11H,1-2H3/p-1. The van der Waals surface area contributed by atoms with Crippen molar-refractivity contribution in [2.45, 2.75) is 18.7 Å². The van der Waals surface area contributed by atoms with Crippen LogP contribution in [-0.2, 0) is 12.6 Å². The lowest BCUT2D eigenvalue weighted by Gasteiger charge is -2.16. The zero-order chi connectivity index (χ0) is 8.59. The molecule has 11 heavy (non-hydrogen) atoms. The smallest absolute Gasteiger partial charge is 0.0192 e. The minimum absolute atomic E-state index is 0.900. The molecule has 1 rings (SSSR count). The van der Waals surface area contributed by atoms with Crippen LogP contribution in [0.15, 0.2) is 19.9 Å². The van der Waals surface area contributed by atoms with Gasteiger partial charge in [-0.3, -0.25) is 0 Å². The van der Waals surface area contributed by atoms with Gasteiger partial charge in [0.1, 0.15) is 0 Å². The molecule has 0 radical (unpaired) electrons. The van der Waals surface area contributed by atoms with Crippen molar-refractivity contribution in [3.8, 4) is 0 Å². The molecule has 0 saturated carbocycles. The number of halogens is 2. The van der Waals surface area contributed by atoms with Crippen LogP contribution in [0.1, 0.15) is 11.1 Å². The second-order valence-corrected chi connectivity index (χ2v) is 4.50. The second-order valence-electron chi connectivity index (χ2n) is 2.44. The van der Waals surface area contributed by atoms with Crippen molar-refractivity contribution in [3.05, 3.63) is 26.1 Å². The van der Waals surface area contributed by atoms with Crippen LogP contribution in [0.2, 0.25) is 0 Å². The van der Waals surface area contributed by atoms with E-state index in [0.717, 1.165) is 19.4 Å². The number of benzene rings is 1. The van der Waals surface area contributed by atoms with E-state index in [0.29, 0.717) is 0 Å². The van der Waals surface area contributed by atoms with Gasteiger partial charge < -0.3 is 12.6 Å². The third-order valence-corrected chi connectivity index (χ3v) is 4.21. The van der Waals surface area contributed by atoms with E-state index in [-0.39, 0.29) is 0 Å². The largest absolute Gasteiger partial charge is 0.778 e. The average molecular weight is 295 g/mol. The van der Waals surface area contributed by atoms with E-state index in [9.17, 15) is 0 Å². The Bertz CT molecular complexity index is 268. The third kappa shape index (κ3) is 1.76. The molecule has 1 aromatic carbocycles. The van der Waals surface area contributed by atoms with Crippen LogP contribution in [0.25, 0.3) is 0 Å². The molecule has 0 bridgehead atoms. The Balaban J connectivity index is 3.46. The summed E-state index contributed by atoms with van der Waals surface area (Å²) in [4.78, 5) is 0.900. The molecule has 0 atom stereocenters. The van der Waals surface area contributed by atoms with Crippen LogP contribution in [0.5, 0.6) is 0 Å². The molecule has 0 N–H and O–H groups in total. The van der Waals surface area contributed by atoms with Crippen LogP contribution in [0.3, 0.4) is 0 Å². The van der Waals surface area contributed by atoms with Gasteiger partial charge in [-0.05, 0) is 25.5 Å². The van der Waals surface area contributed by atoms with Gasteiger partial charge in [0, 0.05) is 8.95 Å². The first-order valence-electron chi connectivity index (χ1n) is 3.16. The molecule has 0 nitrogen and oxygen atoms in total. The molecule has 3 heteroatoms. The fourth-order valence-electron chi connectivity index (χ4n) is 0.814. The Labute approximate surface area is 89.1 Å². The van der Waals surface area contributed by atoms with Crippen molar-refractivity contribution in [1.82, 2.24) is 0 Å². The fourth-order valence-corrected chi connectivity index (χ4v) is 2.17. The first kappa shape index (κ1) is 9.49. The van der Waals surface area contributed by atoms with Gasteiger partial charge in [-0.25, -0.2) is 0 Å². The zero-order valence-electron chi connectivity index (χ0n) is 6.24. The van der Waals surface area contributed by atoms with Crippen molar-refractivity contribution in [2.75, 3.05) is 0 Å². The van der Waals surface area contributed by atoms with Crippen molar-refractivity contribution in [3.63, 3.8) is 0 Å². The maximum atomic E-state index is 5.19. The molecule has 0 spiro atoms. The van der Waals surface area contributed by atoms with E-state index in [2.05, 4.69) is 37.9 Å². The molecule has 0 aliphatic carbocycles. The van der Waals surface area contributed by atoms with E-state index in [1.807, 2.05) is 13.8 Å². The molecule has 0 heterocycles. The fraction of sp³-hybridized carbons (Fsp3) is 0.250. The van der Waals surface area contributed by atoms with Crippen molar-refractivity contribution >= 4 is 44.5 Å². The van der Waals surface area contributed by atoms with Gasteiger partial charge in [-0.15, -0.1) is 0 Å². The Hall–Kier alpha value is 0.400. The van der Waals surface area contributed by atoms with E-state index < -0.39 is 0 Å². The SMILES string of the molecule is Cc1cc(Br)c(C)c([S-])c1Br. The first-order chi connectivity index (χ1) is 5.04. The highest BCUT2D eigenvalue weighted by molar-refractivity contribution is 9.11. The number of rotatable bonds is 0. The van der Waals surface area contributed by atoms with Gasteiger partial charge in [-0.2, -0.15) is 4.90 Å². The first-order valence-corrected chi connectivity index (χ1v) is 5.15. The van der Waals surface area contributed by atoms with Crippen LogP contribution < -0.4 is 0 Å². The van der Waals surface area contributed by atoms with E-state index >= 15 is 0 Å². The number of aryl methyl sites for hydroxylation is 1. The Morgan fingerprint density at radius 3 is 2.36 bits per heavy atom. The van der Waals surface area contributed by atoms with E-state index in [1.54, 1.807) is 0 Å². The molecule has 0 aromatic heterocycles. The topological polar surface area (TPSA) is 0 Å². The Morgan fingerprint density at radius 1 is 1.27 bits per heavy atom. The summed E-state index contributed by atoms with van der Waals surface area (Å²) >= 11 is 12.1. The van der Waals surface area contributed by atoms with Crippen molar-refractivity contribution in [1.29, 1.82) is 0 Å². The molecule has 0 unspecified atom stereocenters. The van der Waals surface area contributed by atoms with Gasteiger partial charge in [0.15, 0.2) is 0 Å². The molecule has 0 amide bonds. The van der Waals surface area contributed by atoms with Gasteiger partial charge in [0.25, 0.3) is 0 Å². The summed E-state index contributed by atoms with van der Waals surface area (Å²) in [7, 11) is 0. The summed E-state index contributed by atoms with van der Waals surface area (Å²) in [6, 6.07) is 2.06. The third-order valence-electron chi connectivity index (χ3n) is 1.59. The predicted molar refractivity (Wildman–Crippen MR) is 56.9 cm³/mol. The molecule has 0 aliphatic rings. The van der Waals surface area contributed by atoms with E-state index in [1.165, 1.54) is 5.56 Å². The van der Waals surface area contributed by atoms with Crippen LogP contribution >= 0.6 is 31.9 Å². The number of hydrogen-bond acceptors (Lipinski definition) is 1. The minimum atomic E-state index is 0.900. The summed E-state index contributed by atoms with van der Waals surface area (Å²) in [5, 5.41) is 0. The maximum Gasteiger partial charge on any atom is 0.0192 e. The second kappa shape index (κ2) is 3.42. The molecule has 0 saturated heterocycles. The van der Waals surface area contributed by atoms with E-state index in [4.69, 9.17) is 12.6 Å². The summed E-state index contributed by atoms with van der Waals surface area (Å²) in [5.41, 5.74) is 2.30. The molecule has 60 valence electrons. The maximum absolute atomic E-state index is 5.19. The van der Waals surface area contributed by atoms with Gasteiger partial charge in [0.2, 0.25) is 0 Å². The summed E-state index contributed by atoms with van der Waals surface area (Å²) in [5.74, 6) is 0. The summed E-state index contributed by atoms with van der Waals surface area (Å²) < 4.78 is 2.12. The molecular weight excluding hydrogens is 288 g/mol. The predicted octanol–water partition coefficient (Wildman–Crippen LogP) is 3.73. The Kier molecular flexibility index (Phi) is 2.95. The lowest BCUT2D eigenvalue weighted by atomic mass is 10.2. The van der Waals surface area contributed by atoms with Gasteiger partial charge >= 0.3 is 0 Å². The quantitative estimate of drug-likeness (QED) is 0.657. The highest BCUT2D eigenvalue weighted by atomic mass is 79.9. The van der Waals surface area contributed by atoms with Crippen LogP contribution in [-0.4, -0.2) is 0 Å². The lowest BCUT2D eigenvalue weighted by Crippen LogP contribution is -1.87. The highest BCUT2D eigenvalue weighted by Crippen LogP contribution is 2.29. The highest BCUT2D eigenvalue weighted by Gasteiger charge is 2.00. The summed E-state index contributed by atoms with van der Waals surface area (Å²) in [6.45, 7) is 4.04. The van der Waals surface area contributed by atoms with Crippen LogP contribution in [0, 0.1) is 13.8 Å². The minimum Gasteiger partial charge on any atom is -0.778 e. The number of hydrogen-bond donors (Lipinski definition) is 0. The zero-order valence-corrected chi connectivity index (χ0v) is 10.2. The van der Waals surface area contributed by atoms with Gasteiger partial charge in [-0.1, -0.05) is 37.4 Å². The average Bonchev–Trinajstić information content (AvgIpc) is 1.97. The molecule has 1 aromatic rings. The normalized spacial score (nSPS) is 10.2. The lowest BCUT2D eigenvalue weighted by molar-refractivity contribution is 1.21. The molecule has 0 aliphatic heterocycles. The van der Waals surface area contributed by atoms with Crippen LogP contribution in [0.4, 0.5) is 0 Å². The van der Waals surface area contributed by atoms with Gasteiger partial charge in [0.05, 0.1) is 0 Å².